The predicted octanol–water partition coefficient (Wildman–Crippen LogP) is 1.56. The Morgan fingerprint density at radius 2 is 2.06 bits per heavy atom. The predicted molar refractivity (Wildman–Crippen MR) is 69.5 cm³/mol. The van der Waals surface area contributed by atoms with Crippen molar-refractivity contribution in [2.75, 3.05) is 19.6 Å². The van der Waals surface area contributed by atoms with Gasteiger partial charge in [-0.3, -0.25) is 9.69 Å². The topological polar surface area (TPSA) is 58.6 Å². The molecule has 1 unspecified atom stereocenters. The molecule has 0 bridgehead atoms. The number of alkyl carbamates (subject to hydrolysis) is 1. The number of ketones is 1. The Hall–Kier alpha value is -1.10. The Morgan fingerprint density at radius 3 is 2.61 bits per heavy atom. The van der Waals surface area contributed by atoms with Crippen molar-refractivity contribution >= 4 is 11.9 Å². The highest BCUT2D eigenvalue weighted by molar-refractivity contribution is 5.80. The summed E-state index contributed by atoms with van der Waals surface area (Å²) in [5, 5.41) is 2.84. The van der Waals surface area contributed by atoms with Crippen molar-refractivity contribution in [3.8, 4) is 0 Å². The van der Waals surface area contributed by atoms with E-state index in [4.69, 9.17) is 4.74 Å². The molecule has 0 radical (unpaired) electrons. The molecule has 0 saturated carbocycles. The number of nitrogens with one attached hydrogen (secondary N) is 1. The standard InChI is InChI=1S/C13H24N2O3/c1-5-11(16)9-15-7-6-10(8-15)14-12(17)18-13(2,3)4/h10H,5-9H2,1-4H3,(H,14,17). The molecule has 0 aromatic heterocycles. The van der Waals surface area contributed by atoms with E-state index in [1.807, 2.05) is 27.7 Å². The molecule has 1 rings (SSSR count). The van der Waals surface area contributed by atoms with Crippen LogP contribution >= 0.6 is 0 Å². The lowest BCUT2D eigenvalue weighted by Gasteiger charge is -2.22. The molecule has 5 heteroatoms. The van der Waals surface area contributed by atoms with E-state index in [2.05, 4.69) is 10.2 Å². The molecule has 1 aliphatic rings. The highest BCUT2D eigenvalue weighted by Crippen LogP contribution is 2.11. The van der Waals surface area contributed by atoms with E-state index in [1.54, 1.807) is 0 Å². The van der Waals surface area contributed by atoms with E-state index in [-0.39, 0.29) is 17.9 Å². The Labute approximate surface area is 109 Å². The molecule has 0 aromatic rings. The summed E-state index contributed by atoms with van der Waals surface area (Å²) in [7, 11) is 0. The highest BCUT2D eigenvalue weighted by Gasteiger charge is 2.26. The SMILES string of the molecule is CCC(=O)CN1CCC(NC(=O)OC(C)(C)C)C1. The Balaban J connectivity index is 2.30. The molecule has 104 valence electrons. The quantitative estimate of drug-likeness (QED) is 0.829. The van der Waals surface area contributed by atoms with Crippen LogP contribution in [0.1, 0.15) is 40.5 Å². The molecule has 18 heavy (non-hydrogen) atoms. The van der Waals surface area contributed by atoms with Gasteiger partial charge in [-0.15, -0.1) is 0 Å². The van der Waals surface area contributed by atoms with Gasteiger partial charge in [0.25, 0.3) is 0 Å². The minimum Gasteiger partial charge on any atom is -0.444 e. The average Bonchev–Trinajstić information content (AvgIpc) is 2.62. The molecule has 0 spiro atoms. The van der Waals surface area contributed by atoms with E-state index in [0.717, 1.165) is 19.5 Å². The number of hydrogen-bond donors (Lipinski definition) is 1. The minimum atomic E-state index is -0.472. The molecule has 1 aliphatic heterocycles. The first-order valence-corrected chi connectivity index (χ1v) is 6.53. The van der Waals surface area contributed by atoms with Gasteiger partial charge in [-0.1, -0.05) is 6.92 Å². The van der Waals surface area contributed by atoms with Crippen LogP contribution in [0.2, 0.25) is 0 Å². The normalized spacial score (nSPS) is 20.8. The first-order valence-electron chi connectivity index (χ1n) is 6.53. The minimum absolute atomic E-state index is 0.0875. The van der Waals surface area contributed by atoms with Gasteiger partial charge in [-0.25, -0.2) is 4.79 Å². The molecule has 1 heterocycles. The van der Waals surface area contributed by atoms with Crippen molar-refractivity contribution < 1.29 is 14.3 Å². The van der Waals surface area contributed by atoms with Crippen molar-refractivity contribution in [3.63, 3.8) is 0 Å². The molecule has 1 atom stereocenters. The largest absolute Gasteiger partial charge is 0.444 e. The van der Waals surface area contributed by atoms with Gasteiger partial charge >= 0.3 is 6.09 Å². The summed E-state index contributed by atoms with van der Waals surface area (Å²) in [4.78, 5) is 25.0. The third-order valence-corrected chi connectivity index (χ3v) is 2.79. The van der Waals surface area contributed by atoms with Gasteiger partial charge in [0, 0.05) is 25.6 Å². The van der Waals surface area contributed by atoms with Crippen LogP contribution in [0.4, 0.5) is 4.79 Å². The van der Waals surface area contributed by atoms with Gasteiger partial charge in [0.05, 0.1) is 6.54 Å². The fourth-order valence-corrected chi connectivity index (χ4v) is 1.93. The number of carbonyl (C=O) groups is 2. The van der Waals surface area contributed by atoms with E-state index >= 15 is 0 Å². The zero-order valence-corrected chi connectivity index (χ0v) is 11.8. The molecular formula is C13H24N2O3. The third kappa shape index (κ3) is 5.49. The Bertz CT molecular complexity index is 310. The summed E-state index contributed by atoms with van der Waals surface area (Å²) in [5.74, 6) is 0.243. The molecule has 0 aromatic carbocycles. The zero-order chi connectivity index (χ0) is 13.8. The Kier molecular flexibility index (Phi) is 5.14. The van der Waals surface area contributed by atoms with Crippen LogP contribution in [-0.4, -0.2) is 48.1 Å². The van der Waals surface area contributed by atoms with Gasteiger partial charge in [0.1, 0.15) is 11.4 Å². The smallest absolute Gasteiger partial charge is 0.407 e. The maximum Gasteiger partial charge on any atom is 0.407 e. The maximum absolute atomic E-state index is 11.6. The monoisotopic (exact) mass is 256 g/mol. The number of nitrogens with zero attached hydrogens (tertiary/aromatic N) is 1. The van der Waals surface area contributed by atoms with E-state index in [9.17, 15) is 9.59 Å². The van der Waals surface area contributed by atoms with Crippen molar-refractivity contribution in [1.29, 1.82) is 0 Å². The maximum atomic E-state index is 11.6. The van der Waals surface area contributed by atoms with Crippen molar-refractivity contribution in [1.82, 2.24) is 10.2 Å². The number of hydrogen-bond acceptors (Lipinski definition) is 4. The van der Waals surface area contributed by atoms with Gasteiger partial charge in [0.15, 0.2) is 0 Å². The molecular weight excluding hydrogens is 232 g/mol. The summed E-state index contributed by atoms with van der Waals surface area (Å²) in [6.07, 6.45) is 1.06. The summed E-state index contributed by atoms with van der Waals surface area (Å²) < 4.78 is 5.20. The van der Waals surface area contributed by atoms with Crippen LogP contribution in [0.25, 0.3) is 0 Å². The number of amides is 1. The average molecular weight is 256 g/mol. The van der Waals surface area contributed by atoms with E-state index < -0.39 is 5.60 Å². The van der Waals surface area contributed by atoms with Crippen LogP contribution in [-0.2, 0) is 9.53 Å². The van der Waals surface area contributed by atoms with Crippen LogP contribution in [0.3, 0.4) is 0 Å². The van der Waals surface area contributed by atoms with Crippen LogP contribution in [0.5, 0.6) is 0 Å². The number of Topliss-reactive ketones (excluding diaryl/α,β-unsaturated/α-hetero) is 1. The zero-order valence-electron chi connectivity index (χ0n) is 11.8. The van der Waals surface area contributed by atoms with Crippen molar-refractivity contribution in [2.45, 2.75) is 52.2 Å². The summed E-state index contributed by atoms with van der Waals surface area (Å²) >= 11 is 0. The van der Waals surface area contributed by atoms with Gasteiger partial charge in [-0.2, -0.15) is 0 Å². The van der Waals surface area contributed by atoms with Gasteiger partial charge < -0.3 is 10.1 Å². The molecule has 1 saturated heterocycles. The van der Waals surface area contributed by atoms with Crippen LogP contribution in [0, 0.1) is 0 Å². The molecule has 5 nitrogen and oxygen atoms in total. The molecule has 1 fully saturated rings. The second-order valence-electron chi connectivity index (χ2n) is 5.76. The first kappa shape index (κ1) is 15.0. The van der Waals surface area contributed by atoms with Crippen LogP contribution < -0.4 is 5.32 Å². The molecule has 1 amide bonds. The summed E-state index contributed by atoms with van der Waals surface area (Å²) in [6, 6.07) is 0.0875. The number of carbonyl (C=O) groups excluding carboxylic acids is 2. The lowest BCUT2D eigenvalue weighted by molar-refractivity contribution is -0.119. The lowest BCUT2D eigenvalue weighted by Crippen LogP contribution is -2.41. The fourth-order valence-electron chi connectivity index (χ4n) is 1.93. The fraction of sp³-hybridized carbons (Fsp3) is 0.846. The van der Waals surface area contributed by atoms with E-state index in [1.165, 1.54) is 0 Å². The number of rotatable bonds is 4. The molecule has 1 N–H and O–H groups in total. The summed E-state index contributed by atoms with van der Waals surface area (Å²) in [6.45, 7) is 9.46. The third-order valence-electron chi connectivity index (χ3n) is 2.79. The Morgan fingerprint density at radius 1 is 1.39 bits per heavy atom. The highest BCUT2D eigenvalue weighted by atomic mass is 16.6. The van der Waals surface area contributed by atoms with Gasteiger partial charge in [-0.05, 0) is 27.2 Å². The second kappa shape index (κ2) is 6.18. The number of likely N-dealkylation sites (tertiary alicyclic amines) is 1. The lowest BCUT2D eigenvalue weighted by atomic mass is 10.2. The molecule has 0 aliphatic carbocycles. The summed E-state index contributed by atoms with van der Waals surface area (Å²) in [5.41, 5.74) is -0.472. The first-order chi connectivity index (χ1) is 8.30. The number of ether oxygens (including phenoxy) is 1. The van der Waals surface area contributed by atoms with E-state index in [0.29, 0.717) is 13.0 Å². The van der Waals surface area contributed by atoms with Gasteiger partial charge in [0.2, 0.25) is 0 Å². The van der Waals surface area contributed by atoms with Crippen LogP contribution in [0.15, 0.2) is 0 Å². The van der Waals surface area contributed by atoms with Crippen molar-refractivity contribution in [3.05, 3.63) is 0 Å². The van der Waals surface area contributed by atoms with Crippen molar-refractivity contribution in [2.24, 2.45) is 0 Å². The second-order valence-corrected chi connectivity index (χ2v) is 5.76.